The van der Waals surface area contributed by atoms with Gasteiger partial charge in [0.25, 0.3) is 0 Å². The number of rotatable bonds is 3. The SMILES string of the molecule is c1ccc(C(C2=NCCN2)N2CCCC2)cc1. The Morgan fingerprint density at radius 1 is 1.12 bits per heavy atom. The van der Waals surface area contributed by atoms with E-state index in [0.717, 1.165) is 18.9 Å². The van der Waals surface area contributed by atoms with Gasteiger partial charge < -0.3 is 5.32 Å². The van der Waals surface area contributed by atoms with Gasteiger partial charge in [-0.15, -0.1) is 0 Å². The molecule has 0 aliphatic carbocycles. The molecule has 2 aliphatic rings. The maximum atomic E-state index is 4.62. The van der Waals surface area contributed by atoms with Gasteiger partial charge in [-0.25, -0.2) is 0 Å². The molecule has 1 aromatic carbocycles. The van der Waals surface area contributed by atoms with Crippen LogP contribution in [0.5, 0.6) is 0 Å². The van der Waals surface area contributed by atoms with Gasteiger partial charge >= 0.3 is 0 Å². The summed E-state index contributed by atoms with van der Waals surface area (Å²) in [6, 6.07) is 11.1. The van der Waals surface area contributed by atoms with E-state index in [1.165, 1.54) is 31.5 Å². The molecule has 3 heteroatoms. The van der Waals surface area contributed by atoms with Gasteiger partial charge in [0.2, 0.25) is 0 Å². The molecule has 2 aliphatic heterocycles. The highest BCUT2D eigenvalue weighted by Crippen LogP contribution is 2.26. The zero-order valence-corrected chi connectivity index (χ0v) is 10.1. The van der Waals surface area contributed by atoms with Crippen LogP contribution in [0.1, 0.15) is 24.4 Å². The van der Waals surface area contributed by atoms with Gasteiger partial charge in [0, 0.05) is 6.54 Å². The van der Waals surface area contributed by atoms with E-state index < -0.39 is 0 Å². The third-order valence-corrected chi connectivity index (χ3v) is 3.58. The molecule has 0 aromatic heterocycles. The summed E-state index contributed by atoms with van der Waals surface area (Å²) < 4.78 is 0. The van der Waals surface area contributed by atoms with Crippen molar-refractivity contribution in [3.05, 3.63) is 35.9 Å². The lowest BCUT2D eigenvalue weighted by Crippen LogP contribution is -2.37. The highest BCUT2D eigenvalue weighted by molar-refractivity contribution is 5.89. The molecule has 1 atom stereocenters. The highest BCUT2D eigenvalue weighted by Gasteiger charge is 2.28. The fourth-order valence-corrected chi connectivity index (χ4v) is 2.78. The number of hydrogen-bond donors (Lipinski definition) is 1. The van der Waals surface area contributed by atoms with E-state index in [2.05, 4.69) is 45.5 Å². The smallest absolute Gasteiger partial charge is 0.119 e. The Kier molecular flexibility index (Phi) is 3.10. The monoisotopic (exact) mass is 229 g/mol. The predicted molar refractivity (Wildman–Crippen MR) is 70.3 cm³/mol. The second kappa shape index (κ2) is 4.88. The zero-order valence-electron chi connectivity index (χ0n) is 10.1. The van der Waals surface area contributed by atoms with Crippen molar-refractivity contribution in [1.29, 1.82) is 0 Å². The molecule has 1 N–H and O–H groups in total. The fraction of sp³-hybridized carbons (Fsp3) is 0.500. The molecule has 90 valence electrons. The maximum absolute atomic E-state index is 4.62. The Balaban J connectivity index is 1.90. The first kappa shape index (κ1) is 10.8. The Bertz CT molecular complexity index is 393. The van der Waals surface area contributed by atoms with Crippen LogP contribution in [0.25, 0.3) is 0 Å². The highest BCUT2D eigenvalue weighted by atomic mass is 15.2. The van der Waals surface area contributed by atoms with Crippen molar-refractivity contribution in [2.24, 2.45) is 4.99 Å². The van der Waals surface area contributed by atoms with E-state index >= 15 is 0 Å². The van der Waals surface area contributed by atoms with E-state index in [1.807, 2.05) is 0 Å². The summed E-state index contributed by atoms with van der Waals surface area (Å²) in [6.07, 6.45) is 2.63. The Morgan fingerprint density at radius 2 is 1.88 bits per heavy atom. The minimum Gasteiger partial charge on any atom is -0.370 e. The molecule has 3 rings (SSSR count). The van der Waals surface area contributed by atoms with Crippen molar-refractivity contribution in [3.63, 3.8) is 0 Å². The lowest BCUT2D eigenvalue weighted by Gasteiger charge is -2.28. The van der Waals surface area contributed by atoms with Crippen molar-refractivity contribution in [2.75, 3.05) is 26.2 Å². The molecular weight excluding hydrogens is 210 g/mol. The average Bonchev–Trinajstić information content (AvgIpc) is 3.04. The average molecular weight is 229 g/mol. The molecule has 0 saturated carbocycles. The molecule has 0 spiro atoms. The van der Waals surface area contributed by atoms with Crippen LogP contribution in [0.3, 0.4) is 0 Å². The maximum Gasteiger partial charge on any atom is 0.119 e. The van der Waals surface area contributed by atoms with Gasteiger partial charge in [-0.05, 0) is 31.5 Å². The molecule has 1 fully saturated rings. The molecule has 3 nitrogen and oxygen atoms in total. The van der Waals surface area contributed by atoms with E-state index in [4.69, 9.17) is 0 Å². The normalized spacial score (nSPS) is 22.2. The minimum absolute atomic E-state index is 0.348. The molecule has 2 heterocycles. The topological polar surface area (TPSA) is 27.6 Å². The Morgan fingerprint density at radius 3 is 2.53 bits per heavy atom. The molecular formula is C14H19N3. The fourth-order valence-electron chi connectivity index (χ4n) is 2.78. The number of hydrogen-bond acceptors (Lipinski definition) is 3. The van der Waals surface area contributed by atoms with Gasteiger partial charge in [-0.3, -0.25) is 9.89 Å². The van der Waals surface area contributed by atoms with Crippen LogP contribution in [0, 0.1) is 0 Å². The minimum atomic E-state index is 0.348. The van der Waals surface area contributed by atoms with Gasteiger partial charge in [-0.2, -0.15) is 0 Å². The molecule has 1 unspecified atom stereocenters. The van der Waals surface area contributed by atoms with Crippen LogP contribution in [-0.4, -0.2) is 36.9 Å². The van der Waals surface area contributed by atoms with Crippen LogP contribution < -0.4 is 5.32 Å². The van der Waals surface area contributed by atoms with Gasteiger partial charge in [0.15, 0.2) is 0 Å². The standard InChI is InChI=1S/C14H19N3/c1-2-6-12(7-3-1)13(14-15-8-9-16-14)17-10-4-5-11-17/h1-3,6-7,13H,4-5,8-11H2,(H,15,16). The number of nitrogens with zero attached hydrogens (tertiary/aromatic N) is 2. The van der Waals surface area contributed by atoms with Crippen molar-refractivity contribution in [1.82, 2.24) is 10.2 Å². The van der Waals surface area contributed by atoms with Gasteiger partial charge in [0.05, 0.1) is 12.6 Å². The second-order valence-corrected chi connectivity index (χ2v) is 4.75. The summed E-state index contributed by atoms with van der Waals surface area (Å²) >= 11 is 0. The molecule has 0 amide bonds. The quantitative estimate of drug-likeness (QED) is 0.856. The predicted octanol–water partition coefficient (Wildman–Crippen LogP) is 1.83. The lowest BCUT2D eigenvalue weighted by molar-refractivity contribution is 0.301. The Labute approximate surface area is 103 Å². The first-order chi connectivity index (χ1) is 8.45. The van der Waals surface area contributed by atoms with E-state index in [0.29, 0.717) is 6.04 Å². The summed E-state index contributed by atoms with van der Waals surface area (Å²) in [4.78, 5) is 7.17. The third-order valence-electron chi connectivity index (χ3n) is 3.58. The zero-order chi connectivity index (χ0) is 11.5. The van der Waals surface area contributed by atoms with Crippen LogP contribution >= 0.6 is 0 Å². The van der Waals surface area contributed by atoms with Crippen LogP contribution in [0.15, 0.2) is 35.3 Å². The van der Waals surface area contributed by atoms with E-state index in [-0.39, 0.29) is 0 Å². The summed E-state index contributed by atoms with van der Waals surface area (Å²) in [5, 5.41) is 3.44. The number of likely N-dealkylation sites (tertiary alicyclic amines) is 1. The van der Waals surface area contributed by atoms with Gasteiger partial charge in [-0.1, -0.05) is 30.3 Å². The van der Waals surface area contributed by atoms with Crippen molar-refractivity contribution < 1.29 is 0 Å². The van der Waals surface area contributed by atoms with Crippen molar-refractivity contribution >= 4 is 5.84 Å². The molecule has 17 heavy (non-hydrogen) atoms. The number of amidine groups is 1. The molecule has 1 saturated heterocycles. The van der Waals surface area contributed by atoms with Crippen molar-refractivity contribution in [3.8, 4) is 0 Å². The first-order valence-corrected chi connectivity index (χ1v) is 6.52. The van der Waals surface area contributed by atoms with Crippen LogP contribution in [-0.2, 0) is 0 Å². The van der Waals surface area contributed by atoms with Gasteiger partial charge in [0.1, 0.15) is 5.84 Å². The van der Waals surface area contributed by atoms with Crippen LogP contribution in [0.2, 0.25) is 0 Å². The summed E-state index contributed by atoms with van der Waals surface area (Å²) in [6.45, 7) is 4.31. The van der Waals surface area contributed by atoms with Crippen molar-refractivity contribution in [2.45, 2.75) is 18.9 Å². The number of nitrogens with one attached hydrogen (secondary N) is 1. The summed E-state index contributed by atoms with van der Waals surface area (Å²) in [5.41, 5.74) is 1.36. The summed E-state index contributed by atoms with van der Waals surface area (Å²) in [7, 11) is 0. The molecule has 0 radical (unpaired) electrons. The number of aliphatic imine (C=N–C) groups is 1. The van der Waals surface area contributed by atoms with E-state index in [1.54, 1.807) is 0 Å². The lowest BCUT2D eigenvalue weighted by atomic mass is 10.0. The second-order valence-electron chi connectivity index (χ2n) is 4.75. The first-order valence-electron chi connectivity index (χ1n) is 6.52. The largest absolute Gasteiger partial charge is 0.370 e. The van der Waals surface area contributed by atoms with Crippen LogP contribution in [0.4, 0.5) is 0 Å². The van der Waals surface area contributed by atoms with E-state index in [9.17, 15) is 0 Å². The molecule has 1 aromatic rings. The molecule has 0 bridgehead atoms. The number of benzene rings is 1. The third kappa shape index (κ3) is 2.20. The summed E-state index contributed by atoms with van der Waals surface area (Å²) in [5.74, 6) is 1.16. The Hall–Kier alpha value is -1.35.